The summed E-state index contributed by atoms with van der Waals surface area (Å²) >= 11 is 0. The van der Waals surface area contributed by atoms with Gasteiger partial charge in [0.2, 0.25) is 5.91 Å². The van der Waals surface area contributed by atoms with Crippen molar-refractivity contribution in [2.75, 3.05) is 29.9 Å². The normalized spacial score (nSPS) is 15.0. The molecule has 1 aliphatic rings. The highest BCUT2D eigenvalue weighted by molar-refractivity contribution is 5.99. The Bertz CT molecular complexity index is 443. The van der Waals surface area contributed by atoms with Crippen LogP contribution in [-0.4, -0.2) is 25.5 Å². The Morgan fingerprint density at radius 2 is 2.28 bits per heavy atom. The van der Waals surface area contributed by atoms with Gasteiger partial charge >= 0.3 is 0 Å². The van der Waals surface area contributed by atoms with Gasteiger partial charge in [0, 0.05) is 13.1 Å². The SMILES string of the molecule is CC(C)c1cccc2c1N(C(=O)CN)CCCN2. The summed E-state index contributed by atoms with van der Waals surface area (Å²) in [7, 11) is 0. The molecule has 1 aromatic carbocycles. The summed E-state index contributed by atoms with van der Waals surface area (Å²) in [5, 5.41) is 3.39. The van der Waals surface area contributed by atoms with Gasteiger partial charge in [0.1, 0.15) is 0 Å². The summed E-state index contributed by atoms with van der Waals surface area (Å²) in [6.45, 7) is 5.98. The molecular formula is C14H21N3O. The molecule has 18 heavy (non-hydrogen) atoms. The van der Waals surface area contributed by atoms with Gasteiger partial charge in [0.25, 0.3) is 0 Å². The van der Waals surface area contributed by atoms with Gasteiger partial charge in [0.05, 0.1) is 17.9 Å². The Morgan fingerprint density at radius 1 is 1.50 bits per heavy atom. The van der Waals surface area contributed by atoms with Gasteiger partial charge in [-0.2, -0.15) is 0 Å². The first-order valence-corrected chi connectivity index (χ1v) is 6.52. The molecule has 0 spiro atoms. The topological polar surface area (TPSA) is 58.4 Å². The number of hydrogen-bond donors (Lipinski definition) is 2. The van der Waals surface area contributed by atoms with Crippen LogP contribution in [0, 0.1) is 0 Å². The lowest BCUT2D eigenvalue weighted by Crippen LogP contribution is -2.37. The molecule has 0 fully saturated rings. The third-order valence-corrected chi connectivity index (χ3v) is 3.31. The first-order valence-electron chi connectivity index (χ1n) is 6.52. The number of benzene rings is 1. The Kier molecular flexibility index (Phi) is 3.87. The van der Waals surface area contributed by atoms with Crippen LogP contribution in [0.25, 0.3) is 0 Å². The monoisotopic (exact) mass is 247 g/mol. The summed E-state index contributed by atoms with van der Waals surface area (Å²) in [6.07, 6.45) is 0.942. The lowest BCUT2D eigenvalue weighted by atomic mass is 9.99. The van der Waals surface area contributed by atoms with Crippen molar-refractivity contribution in [1.29, 1.82) is 0 Å². The summed E-state index contributed by atoms with van der Waals surface area (Å²) in [5.74, 6) is 0.376. The first kappa shape index (κ1) is 12.9. The van der Waals surface area contributed by atoms with Crippen molar-refractivity contribution in [2.24, 2.45) is 5.73 Å². The molecule has 0 aliphatic carbocycles. The van der Waals surface area contributed by atoms with Gasteiger partial charge < -0.3 is 16.0 Å². The predicted octanol–water partition coefficient (Wildman–Crippen LogP) is 1.92. The minimum absolute atomic E-state index is 0.00644. The van der Waals surface area contributed by atoms with Crippen LogP contribution in [0.1, 0.15) is 31.7 Å². The number of anilines is 2. The van der Waals surface area contributed by atoms with E-state index in [1.165, 1.54) is 5.56 Å². The zero-order chi connectivity index (χ0) is 13.1. The molecule has 0 atom stereocenters. The second-order valence-electron chi connectivity index (χ2n) is 4.93. The van der Waals surface area contributed by atoms with E-state index in [1.54, 1.807) is 0 Å². The maximum Gasteiger partial charge on any atom is 0.240 e. The third kappa shape index (κ3) is 2.34. The molecule has 0 saturated carbocycles. The molecule has 4 heteroatoms. The number of para-hydroxylation sites is 1. The lowest BCUT2D eigenvalue weighted by molar-refractivity contribution is -0.117. The Morgan fingerprint density at radius 3 is 2.94 bits per heavy atom. The molecule has 1 aromatic rings. The number of fused-ring (bicyclic) bond motifs is 1. The van der Waals surface area contributed by atoms with Crippen LogP contribution in [0.4, 0.5) is 11.4 Å². The maximum atomic E-state index is 12.0. The Balaban J connectivity index is 2.53. The van der Waals surface area contributed by atoms with Gasteiger partial charge in [-0.25, -0.2) is 0 Å². The maximum absolute atomic E-state index is 12.0. The molecule has 0 aromatic heterocycles. The third-order valence-electron chi connectivity index (χ3n) is 3.31. The average molecular weight is 247 g/mol. The van der Waals surface area contributed by atoms with Crippen molar-refractivity contribution in [3.63, 3.8) is 0 Å². The molecule has 1 aliphatic heterocycles. The highest BCUT2D eigenvalue weighted by Gasteiger charge is 2.23. The van der Waals surface area contributed by atoms with Crippen molar-refractivity contribution < 1.29 is 4.79 Å². The molecule has 0 radical (unpaired) electrons. The van der Waals surface area contributed by atoms with Crippen LogP contribution in [0.2, 0.25) is 0 Å². The number of carbonyl (C=O) groups is 1. The molecule has 1 amide bonds. The quantitative estimate of drug-likeness (QED) is 0.839. The van der Waals surface area contributed by atoms with E-state index in [9.17, 15) is 4.79 Å². The molecule has 2 rings (SSSR count). The van der Waals surface area contributed by atoms with Crippen LogP contribution in [-0.2, 0) is 4.79 Å². The fourth-order valence-corrected chi connectivity index (χ4v) is 2.40. The Labute approximate surface area is 108 Å². The minimum Gasteiger partial charge on any atom is -0.383 e. The van der Waals surface area contributed by atoms with E-state index >= 15 is 0 Å². The number of nitrogens with zero attached hydrogens (tertiary/aromatic N) is 1. The van der Waals surface area contributed by atoms with Crippen LogP contribution >= 0.6 is 0 Å². The van der Waals surface area contributed by atoms with Crippen molar-refractivity contribution in [3.8, 4) is 0 Å². The molecule has 0 saturated heterocycles. The van der Waals surface area contributed by atoms with E-state index in [0.717, 1.165) is 30.9 Å². The molecule has 3 N–H and O–H groups in total. The van der Waals surface area contributed by atoms with E-state index in [2.05, 4.69) is 25.2 Å². The second-order valence-corrected chi connectivity index (χ2v) is 4.93. The molecule has 98 valence electrons. The summed E-state index contributed by atoms with van der Waals surface area (Å²) in [5.41, 5.74) is 8.78. The Hall–Kier alpha value is -1.55. The first-order chi connectivity index (χ1) is 8.65. The van der Waals surface area contributed by atoms with Crippen molar-refractivity contribution in [3.05, 3.63) is 23.8 Å². The van der Waals surface area contributed by atoms with Crippen LogP contribution in [0.15, 0.2) is 18.2 Å². The summed E-state index contributed by atoms with van der Waals surface area (Å²) in [4.78, 5) is 13.9. The molecule has 1 heterocycles. The van der Waals surface area contributed by atoms with Gasteiger partial charge in [0.15, 0.2) is 0 Å². The minimum atomic E-state index is -0.00644. The molecular weight excluding hydrogens is 226 g/mol. The van der Waals surface area contributed by atoms with E-state index < -0.39 is 0 Å². The standard InChI is InChI=1S/C14H21N3O/c1-10(2)11-5-3-6-12-14(11)17(13(18)9-15)8-4-7-16-12/h3,5-6,10,16H,4,7-9,15H2,1-2H3. The highest BCUT2D eigenvalue weighted by atomic mass is 16.2. The van der Waals surface area contributed by atoms with Crippen LogP contribution in [0.3, 0.4) is 0 Å². The van der Waals surface area contributed by atoms with Gasteiger partial charge in [-0.3, -0.25) is 4.79 Å². The zero-order valence-corrected chi connectivity index (χ0v) is 11.1. The van der Waals surface area contributed by atoms with Gasteiger partial charge in [-0.05, 0) is 24.0 Å². The predicted molar refractivity (Wildman–Crippen MR) is 75.0 cm³/mol. The average Bonchev–Trinajstić information content (AvgIpc) is 2.59. The van der Waals surface area contributed by atoms with Crippen LogP contribution in [0.5, 0.6) is 0 Å². The fourth-order valence-electron chi connectivity index (χ4n) is 2.40. The summed E-state index contributed by atoms with van der Waals surface area (Å²) < 4.78 is 0. The van der Waals surface area contributed by atoms with Crippen molar-refractivity contribution >= 4 is 17.3 Å². The largest absolute Gasteiger partial charge is 0.383 e. The molecule has 0 bridgehead atoms. The van der Waals surface area contributed by atoms with E-state index in [4.69, 9.17) is 5.73 Å². The number of carbonyl (C=O) groups excluding carboxylic acids is 1. The fraction of sp³-hybridized carbons (Fsp3) is 0.500. The van der Waals surface area contributed by atoms with Gasteiger partial charge in [-0.1, -0.05) is 26.0 Å². The molecule has 0 unspecified atom stereocenters. The van der Waals surface area contributed by atoms with Crippen LogP contribution < -0.4 is 16.0 Å². The smallest absolute Gasteiger partial charge is 0.240 e. The number of rotatable bonds is 2. The van der Waals surface area contributed by atoms with Gasteiger partial charge in [-0.15, -0.1) is 0 Å². The second kappa shape index (κ2) is 5.40. The van der Waals surface area contributed by atoms with Crippen molar-refractivity contribution in [1.82, 2.24) is 0 Å². The molecule has 4 nitrogen and oxygen atoms in total. The number of nitrogens with two attached hydrogens (primary N) is 1. The number of nitrogens with one attached hydrogen (secondary N) is 1. The van der Waals surface area contributed by atoms with Crippen molar-refractivity contribution in [2.45, 2.75) is 26.2 Å². The number of hydrogen-bond acceptors (Lipinski definition) is 3. The number of amides is 1. The van der Waals surface area contributed by atoms with E-state index in [-0.39, 0.29) is 12.5 Å². The summed E-state index contributed by atoms with van der Waals surface area (Å²) in [6, 6.07) is 6.16. The zero-order valence-electron chi connectivity index (χ0n) is 11.1. The van der Waals surface area contributed by atoms with E-state index in [1.807, 2.05) is 17.0 Å². The van der Waals surface area contributed by atoms with E-state index in [0.29, 0.717) is 5.92 Å². The lowest BCUT2D eigenvalue weighted by Gasteiger charge is -2.26. The highest BCUT2D eigenvalue weighted by Crippen LogP contribution is 2.36.